The summed E-state index contributed by atoms with van der Waals surface area (Å²) < 4.78 is 5.33. The van der Waals surface area contributed by atoms with Crippen molar-refractivity contribution in [1.82, 2.24) is 5.32 Å². The Kier molecular flexibility index (Phi) is 3.73. The number of rotatable bonds is 3. The lowest BCUT2D eigenvalue weighted by Gasteiger charge is -2.34. The van der Waals surface area contributed by atoms with Gasteiger partial charge in [-0.3, -0.25) is 4.79 Å². The molecule has 4 nitrogen and oxygen atoms in total. The molecule has 4 heteroatoms. The van der Waals surface area contributed by atoms with Crippen molar-refractivity contribution in [3.63, 3.8) is 0 Å². The van der Waals surface area contributed by atoms with Crippen LogP contribution < -0.4 is 11.1 Å². The fourth-order valence-electron chi connectivity index (χ4n) is 2.90. The van der Waals surface area contributed by atoms with Gasteiger partial charge in [0.2, 0.25) is 5.91 Å². The standard InChI is InChI=1S/C13H24N2O2/c1-12(7-8-17-10-12)15-11(16)9-13(14)5-3-2-4-6-13/h2-10,14H2,1H3,(H,15,16). The Morgan fingerprint density at radius 3 is 2.59 bits per heavy atom. The largest absolute Gasteiger partial charge is 0.379 e. The highest BCUT2D eigenvalue weighted by atomic mass is 16.5. The van der Waals surface area contributed by atoms with E-state index in [9.17, 15) is 4.79 Å². The van der Waals surface area contributed by atoms with Crippen LogP contribution in [0.2, 0.25) is 0 Å². The van der Waals surface area contributed by atoms with Crippen LogP contribution in [0.1, 0.15) is 51.9 Å². The molecule has 98 valence electrons. The van der Waals surface area contributed by atoms with Gasteiger partial charge in [0.05, 0.1) is 12.1 Å². The average molecular weight is 240 g/mol. The van der Waals surface area contributed by atoms with Crippen molar-refractivity contribution in [3.8, 4) is 0 Å². The van der Waals surface area contributed by atoms with E-state index in [1.54, 1.807) is 0 Å². The summed E-state index contributed by atoms with van der Waals surface area (Å²) >= 11 is 0. The highest BCUT2D eigenvalue weighted by Gasteiger charge is 2.35. The smallest absolute Gasteiger partial charge is 0.222 e. The van der Waals surface area contributed by atoms with E-state index in [1.807, 2.05) is 6.92 Å². The molecule has 0 aromatic carbocycles. The first-order valence-electron chi connectivity index (χ1n) is 6.69. The maximum Gasteiger partial charge on any atom is 0.222 e. The predicted octanol–water partition coefficient (Wildman–Crippen LogP) is 1.33. The lowest BCUT2D eigenvalue weighted by atomic mass is 9.80. The third kappa shape index (κ3) is 3.42. The van der Waals surface area contributed by atoms with Crippen LogP contribution in [0, 0.1) is 0 Å². The van der Waals surface area contributed by atoms with Gasteiger partial charge in [0.1, 0.15) is 0 Å². The summed E-state index contributed by atoms with van der Waals surface area (Å²) in [7, 11) is 0. The van der Waals surface area contributed by atoms with Gasteiger partial charge in [-0.05, 0) is 26.2 Å². The predicted molar refractivity (Wildman–Crippen MR) is 66.6 cm³/mol. The van der Waals surface area contributed by atoms with Gasteiger partial charge in [-0.15, -0.1) is 0 Å². The molecule has 1 aliphatic carbocycles. The molecule has 17 heavy (non-hydrogen) atoms. The van der Waals surface area contributed by atoms with Gasteiger partial charge in [0, 0.05) is 18.6 Å². The van der Waals surface area contributed by atoms with Crippen LogP contribution in [0.25, 0.3) is 0 Å². The summed E-state index contributed by atoms with van der Waals surface area (Å²) in [6, 6.07) is 0. The molecular formula is C13H24N2O2. The number of hydrogen-bond donors (Lipinski definition) is 2. The Morgan fingerprint density at radius 2 is 2.00 bits per heavy atom. The van der Waals surface area contributed by atoms with Crippen molar-refractivity contribution in [2.45, 2.75) is 62.9 Å². The molecule has 0 radical (unpaired) electrons. The molecule has 0 aromatic rings. The average Bonchev–Trinajstić information content (AvgIpc) is 2.64. The second-order valence-electron chi connectivity index (χ2n) is 6.01. The highest BCUT2D eigenvalue weighted by molar-refractivity contribution is 5.78. The number of carbonyl (C=O) groups is 1. The molecule has 2 fully saturated rings. The van der Waals surface area contributed by atoms with Gasteiger partial charge in [0.25, 0.3) is 0 Å². The quantitative estimate of drug-likeness (QED) is 0.782. The maximum atomic E-state index is 12.0. The summed E-state index contributed by atoms with van der Waals surface area (Å²) in [6.45, 7) is 3.41. The molecule has 1 unspecified atom stereocenters. The van der Waals surface area contributed by atoms with Crippen molar-refractivity contribution < 1.29 is 9.53 Å². The molecule has 0 spiro atoms. The molecule has 1 aliphatic heterocycles. The lowest BCUT2D eigenvalue weighted by molar-refractivity contribution is -0.124. The molecule has 0 aromatic heterocycles. The molecule has 0 bridgehead atoms. The molecule has 1 heterocycles. The Hall–Kier alpha value is -0.610. The van der Waals surface area contributed by atoms with Crippen molar-refractivity contribution in [3.05, 3.63) is 0 Å². The maximum absolute atomic E-state index is 12.0. The lowest BCUT2D eigenvalue weighted by Crippen LogP contribution is -2.51. The zero-order valence-corrected chi connectivity index (χ0v) is 10.8. The van der Waals surface area contributed by atoms with Gasteiger partial charge in [-0.25, -0.2) is 0 Å². The van der Waals surface area contributed by atoms with Crippen LogP contribution in [0.15, 0.2) is 0 Å². The second-order valence-corrected chi connectivity index (χ2v) is 6.01. The normalized spacial score (nSPS) is 32.4. The fraction of sp³-hybridized carbons (Fsp3) is 0.923. The van der Waals surface area contributed by atoms with Gasteiger partial charge in [-0.1, -0.05) is 19.3 Å². The first-order valence-corrected chi connectivity index (χ1v) is 6.69. The monoisotopic (exact) mass is 240 g/mol. The summed E-state index contributed by atoms with van der Waals surface area (Å²) in [4.78, 5) is 12.0. The third-order valence-corrected chi connectivity index (χ3v) is 4.02. The summed E-state index contributed by atoms with van der Waals surface area (Å²) in [5.41, 5.74) is 5.84. The molecule has 1 saturated carbocycles. The van der Waals surface area contributed by atoms with E-state index in [0.29, 0.717) is 13.0 Å². The molecule has 1 amide bonds. The fourth-order valence-corrected chi connectivity index (χ4v) is 2.90. The number of ether oxygens (including phenoxy) is 1. The number of nitrogens with two attached hydrogens (primary N) is 1. The number of hydrogen-bond acceptors (Lipinski definition) is 3. The molecule has 2 aliphatic rings. The molecule has 2 rings (SSSR count). The van der Waals surface area contributed by atoms with Crippen LogP contribution in [0.3, 0.4) is 0 Å². The minimum absolute atomic E-state index is 0.0856. The summed E-state index contributed by atoms with van der Waals surface area (Å²) in [6.07, 6.45) is 6.89. The first-order chi connectivity index (χ1) is 8.02. The van der Waals surface area contributed by atoms with Crippen molar-refractivity contribution in [2.24, 2.45) is 5.73 Å². The SMILES string of the molecule is CC1(NC(=O)CC2(N)CCCCC2)CCOC1. The van der Waals surface area contributed by atoms with Gasteiger partial charge >= 0.3 is 0 Å². The van der Waals surface area contributed by atoms with Gasteiger partial charge in [0.15, 0.2) is 0 Å². The Labute approximate surface area is 103 Å². The minimum atomic E-state index is -0.266. The van der Waals surface area contributed by atoms with E-state index >= 15 is 0 Å². The Bertz CT molecular complexity index is 279. The van der Waals surface area contributed by atoms with E-state index in [4.69, 9.17) is 10.5 Å². The van der Waals surface area contributed by atoms with Crippen molar-refractivity contribution >= 4 is 5.91 Å². The molecular weight excluding hydrogens is 216 g/mol. The summed E-state index contributed by atoms with van der Waals surface area (Å²) in [5.74, 6) is 0.0856. The van der Waals surface area contributed by atoms with Gasteiger partial charge in [-0.2, -0.15) is 0 Å². The van der Waals surface area contributed by atoms with E-state index in [-0.39, 0.29) is 17.0 Å². The number of nitrogens with one attached hydrogen (secondary N) is 1. The highest BCUT2D eigenvalue weighted by Crippen LogP contribution is 2.29. The van der Waals surface area contributed by atoms with Crippen LogP contribution in [0.5, 0.6) is 0 Å². The second kappa shape index (κ2) is 4.94. The summed E-state index contributed by atoms with van der Waals surface area (Å²) in [5, 5.41) is 3.08. The van der Waals surface area contributed by atoms with Crippen molar-refractivity contribution in [1.29, 1.82) is 0 Å². The topological polar surface area (TPSA) is 64.4 Å². The Morgan fingerprint density at radius 1 is 1.29 bits per heavy atom. The van der Waals surface area contributed by atoms with Gasteiger partial charge < -0.3 is 15.8 Å². The van der Waals surface area contributed by atoms with Crippen LogP contribution in [0.4, 0.5) is 0 Å². The molecule has 1 saturated heterocycles. The molecule has 3 N–H and O–H groups in total. The van der Waals surface area contributed by atoms with E-state index in [1.165, 1.54) is 6.42 Å². The van der Waals surface area contributed by atoms with E-state index in [0.717, 1.165) is 38.7 Å². The Balaban J connectivity index is 1.84. The van der Waals surface area contributed by atoms with E-state index in [2.05, 4.69) is 5.32 Å². The minimum Gasteiger partial charge on any atom is -0.379 e. The first kappa shape index (κ1) is 12.8. The zero-order chi connectivity index (χ0) is 12.4. The number of carbonyl (C=O) groups excluding carboxylic acids is 1. The third-order valence-electron chi connectivity index (χ3n) is 4.02. The van der Waals surface area contributed by atoms with Crippen LogP contribution >= 0.6 is 0 Å². The van der Waals surface area contributed by atoms with E-state index < -0.39 is 0 Å². The van der Waals surface area contributed by atoms with Crippen LogP contribution in [-0.4, -0.2) is 30.2 Å². The number of amides is 1. The van der Waals surface area contributed by atoms with Crippen LogP contribution in [-0.2, 0) is 9.53 Å². The zero-order valence-electron chi connectivity index (χ0n) is 10.8. The van der Waals surface area contributed by atoms with Crippen molar-refractivity contribution in [2.75, 3.05) is 13.2 Å². The molecule has 1 atom stereocenters.